The van der Waals surface area contributed by atoms with Gasteiger partial charge in [-0.25, -0.2) is 10.4 Å². The molecule has 0 saturated carbocycles. The van der Waals surface area contributed by atoms with E-state index in [4.69, 9.17) is 16.0 Å². The SMILES string of the molecule is O=C(CSc1nc2ccccc2o1)N/N=C(/N=Nc1ccc(Cl)cc1)c1cccnc1. The van der Waals surface area contributed by atoms with Gasteiger partial charge in [0.2, 0.25) is 5.84 Å². The van der Waals surface area contributed by atoms with Gasteiger partial charge in [-0.2, -0.15) is 5.10 Å². The van der Waals surface area contributed by atoms with Crippen LogP contribution < -0.4 is 5.43 Å². The van der Waals surface area contributed by atoms with Crippen LogP contribution in [0.25, 0.3) is 11.1 Å². The van der Waals surface area contributed by atoms with Gasteiger partial charge in [0.05, 0.1) is 11.4 Å². The molecule has 0 atom stereocenters. The highest BCUT2D eigenvalue weighted by Gasteiger charge is 2.10. The summed E-state index contributed by atoms with van der Waals surface area (Å²) >= 11 is 7.06. The maximum atomic E-state index is 12.3. The van der Waals surface area contributed by atoms with Gasteiger partial charge >= 0.3 is 0 Å². The lowest BCUT2D eigenvalue weighted by Gasteiger charge is -2.02. The number of benzene rings is 2. The first-order valence-corrected chi connectivity index (χ1v) is 10.5. The predicted octanol–water partition coefficient (Wildman–Crippen LogP) is 5.23. The molecular formula is C21H15ClN6O2S. The third kappa shape index (κ3) is 5.74. The van der Waals surface area contributed by atoms with Crippen molar-refractivity contribution in [1.82, 2.24) is 15.4 Å². The number of carbonyl (C=O) groups excluding carboxylic acids is 1. The monoisotopic (exact) mass is 450 g/mol. The van der Waals surface area contributed by atoms with E-state index in [-0.39, 0.29) is 17.5 Å². The van der Waals surface area contributed by atoms with Crippen LogP contribution in [0.3, 0.4) is 0 Å². The van der Waals surface area contributed by atoms with Crippen molar-refractivity contribution in [2.24, 2.45) is 15.3 Å². The lowest BCUT2D eigenvalue weighted by atomic mass is 10.3. The number of amides is 1. The molecule has 4 rings (SSSR count). The van der Waals surface area contributed by atoms with Crippen molar-refractivity contribution in [2.45, 2.75) is 5.22 Å². The number of oxazole rings is 1. The molecule has 0 spiro atoms. The fourth-order valence-corrected chi connectivity index (χ4v) is 3.20. The molecule has 0 aliphatic carbocycles. The van der Waals surface area contributed by atoms with Gasteiger partial charge in [-0.15, -0.1) is 10.2 Å². The second kappa shape index (κ2) is 9.96. The minimum Gasteiger partial charge on any atom is -0.431 e. The van der Waals surface area contributed by atoms with E-state index in [0.717, 1.165) is 5.52 Å². The Labute approximate surface area is 186 Å². The number of hydrogen-bond donors (Lipinski definition) is 1. The number of nitrogens with zero attached hydrogens (tertiary/aromatic N) is 5. The molecule has 8 nitrogen and oxygen atoms in total. The number of azo groups is 1. The van der Waals surface area contributed by atoms with Crippen molar-refractivity contribution in [3.8, 4) is 0 Å². The summed E-state index contributed by atoms with van der Waals surface area (Å²) in [4.78, 5) is 20.7. The molecule has 154 valence electrons. The summed E-state index contributed by atoms with van der Waals surface area (Å²) in [5, 5.41) is 13.4. The molecule has 2 heterocycles. The number of para-hydroxylation sites is 2. The van der Waals surface area contributed by atoms with Crippen LogP contribution in [0.5, 0.6) is 0 Å². The number of fused-ring (bicyclic) bond motifs is 1. The van der Waals surface area contributed by atoms with Crippen molar-refractivity contribution >= 4 is 51.9 Å². The van der Waals surface area contributed by atoms with Gasteiger partial charge in [-0.05, 0) is 48.5 Å². The first kappa shape index (κ1) is 20.7. The van der Waals surface area contributed by atoms with E-state index in [1.54, 1.807) is 48.8 Å². The van der Waals surface area contributed by atoms with Gasteiger partial charge in [-0.1, -0.05) is 35.5 Å². The summed E-state index contributed by atoms with van der Waals surface area (Å²) < 4.78 is 5.59. The molecule has 31 heavy (non-hydrogen) atoms. The van der Waals surface area contributed by atoms with E-state index in [1.807, 2.05) is 24.3 Å². The molecule has 0 aliphatic heterocycles. The highest BCUT2D eigenvalue weighted by molar-refractivity contribution is 7.99. The summed E-state index contributed by atoms with van der Waals surface area (Å²) in [6.45, 7) is 0. The third-order valence-electron chi connectivity index (χ3n) is 3.89. The average molecular weight is 451 g/mol. The Hall–Kier alpha value is -3.56. The van der Waals surface area contributed by atoms with Crippen LogP contribution in [0, 0.1) is 0 Å². The Kier molecular flexibility index (Phi) is 6.65. The second-order valence-corrected chi connectivity index (χ2v) is 7.49. The van der Waals surface area contributed by atoms with Gasteiger partial charge < -0.3 is 4.42 Å². The second-order valence-electron chi connectivity index (χ2n) is 6.12. The number of nitrogens with one attached hydrogen (secondary N) is 1. The molecule has 2 aromatic heterocycles. The number of halogens is 1. The lowest BCUT2D eigenvalue weighted by Crippen LogP contribution is -2.21. The van der Waals surface area contributed by atoms with E-state index >= 15 is 0 Å². The normalized spacial score (nSPS) is 11.8. The largest absolute Gasteiger partial charge is 0.431 e. The standard InChI is InChI=1S/C21H15ClN6O2S/c22-15-7-9-16(10-8-15)25-27-20(14-4-3-11-23-12-14)28-26-19(29)13-31-21-24-17-5-1-2-6-18(17)30-21/h1-12H,13H2,(H,26,29)/b27-25?,28-20+. The number of carbonyl (C=O) groups is 1. The number of aromatic nitrogens is 2. The van der Waals surface area contributed by atoms with Gasteiger partial charge in [0.15, 0.2) is 5.58 Å². The van der Waals surface area contributed by atoms with Crippen LogP contribution in [0.15, 0.2) is 98.0 Å². The van der Waals surface area contributed by atoms with E-state index in [9.17, 15) is 4.79 Å². The fraction of sp³-hybridized carbons (Fsp3) is 0.0476. The molecule has 1 amide bonds. The first-order chi connectivity index (χ1) is 15.2. The van der Waals surface area contributed by atoms with Crippen LogP contribution in [0.2, 0.25) is 5.02 Å². The summed E-state index contributed by atoms with van der Waals surface area (Å²) in [5.74, 6) is -0.0519. The van der Waals surface area contributed by atoms with E-state index in [2.05, 4.69) is 30.7 Å². The van der Waals surface area contributed by atoms with E-state index in [1.165, 1.54) is 11.8 Å². The Morgan fingerprint density at radius 1 is 1.10 bits per heavy atom. The first-order valence-electron chi connectivity index (χ1n) is 9.10. The molecule has 4 aromatic rings. The number of hydrogen-bond acceptors (Lipinski definition) is 7. The van der Waals surface area contributed by atoms with E-state index in [0.29, 0.717) is 27.1 Å². The van der Waals surface area contributed by atoms with Crippen molar-refractivity contribution in [2.75, 3.05) is 5.75 Å². The molecule has 10 heteroatoms. The number of thioether (sulfide) groups is 1. The molecular weight excluding hydrogens is 436 g/mol. The Balaban J connectivity index is 1.43. The molecule has 0 radical (unpaired) electrons. The Bertz CT molecular complexity index is 1210. The van der Waals surface area contributed by atoms with Crippen molar-refractivity contribution in [1.29, 1.82) is 0 Å². The minimum atomic E-state index is -0.338. The van der Waals surface area contributed by atoms with Gasteiger partial charge in [0, 0.05) is 23.0 Å². The number of pyridine rings is 1. The van der Waals surface area contributed by atoms with Crippen LogP contribution in [-0.4, -0.2) is 27.5 Å². The van der Waals surface area contributed by atoms with Crippen LogP contribution >= 0.6 is 23.4 Å². The summed E-state index contributed by atoms with van der Waals surface area (Å²) in [6.07, 6.45) is 3.21. The summed E-state index contributed by atoms with van der Waals surface area (Å²) in [6, 6.07) is 17.8. The van der Waals surface area contributed by atoms with Gasteiger partial charge in [0.1, 0.15) is 5.52 Å². The zero-order valence-electron chi connectivity index (χ0n) is 16.0. The minimum absolute atomic E-state index is 0.0744. The van der Waals surface area contributed by atoms with Crippen LogP contribution in [0.4, 0.5) is 5.69 Å². The van der Waals surface area contributed by atoms with Crippen LogP contribution in [0.1, 0.15) is 5.56 Å². The molecule has 0 saturated heterocycles. The van der Waals surface area contributed by atoms with E-state index < -0.39 is 0 Å². The maximum absolute atomic E-state index is 12.3. The molecule has 0 bridgehead atoms. The zero-order valence-corrected chi connectivity index (χ0v) is 17.5. The third-order valence-corrected chi connectivity index (χ3v) is 4.97. The maximum Gasteiger partial charge on any atom is 0.257 e. The molecule has 2 aromatic carbocycles. The molecule has 0 fully saturated rings. The Morgan fingerprint density at radius 2 is 1.94 bits per heavy atom. The highest BCUT2D eigenvalue weighted by Crippen LogP contribution is 2.23. The van der Waals surface area contributed by atoms with Crippen molar-refractivity contribution in [3.05, 3.63) is 83.6 Å². The summed E-state index contributed by atoms with van der Waals surface area (Å²) in [7, 11) is 0. The fourth-order valence-electron chi connectivity index (χ4n) is 2.44. The smallest absolute Gasteiger partial charge is 0.257 e. The average Bonchev–Trinajstić information content (AvgIpc) is 3.22. The van der Waals surface area contributed by atoms with Crippen molar-refractivity contribution < 1.29 is 9.21 Å². The number of hydrazone groups is 1. The van der Waals surface area contributed by atoms with Crippen LogP contribution in [-0.2, 0) is 4.79 Å². The lowest BCUT2D eigenvalue weighted by molar-refractivity contribution is -0.118. The summed E-state index contributed by atoms with van der Waals surface area (Å²) in [5.41, 5.74) is 5.10. The quantitative estimate of drug-likeness (QED) is 0.142. The van der Waals surface area contributed by atoms with Gasteiger partial charge in [-0.3, -0.25) is 9.78 Å². The molecule has 0 unspecified atom stereocenters. The highest BCUT2D eigenvalue weighted by atomic mass is 35.5. The van der Waals surface area contributed by atoms with Gasteiger partial charge in [0.25, 0.3) is 11.1 Å². The number of amidine groups is 1. The van der Waals surface area contributed by atoms with Crippen molar-refractivity contribution in [3.63, 3.8) is 0 Å². The molecule has 1 N–H and O–H groups in total. The Morgan fingerprint density at radius 3 is 2.71 bits per heavy atom. The number of rotatable bonds is 6. The predicted molar refractivity (Wildman–Crippen MR) is 120 cm³/mol. The topological polar surface area (TPSA) is 105 Å². The molecule has 0 aliphatic rings. The zero-order chi connectivity index (χ0) is 21.5.